The number of amides is 1. The third-order valence-electron chi connectivity index (χ3n) is 3.19. The van der Waals surface area contributed by atoms with Gasteiger partial charge in [0.2, 0.25) is 5.91 Å². The molecule has 134 valence electrons. The molecular weight excluding hydrogens is 401 g/mol. The summed E-state index contributed by atoms with van der Waals surface area (Å²) in [4.78, 5) is 12.0. The molecule has 0 saturated carbocycles. The van der Waals surface area contributed by atoms with Gasteiger partial charge in [0.15, 0.2) is 0 Å². The number of para-hydroxylation sites is 1. The summed E-state index contributed by atoms with van der Waals surface area (Å²) >= 11 is 3.30. The number of rotatable bonds is 6. The number of alkyl halides is 3. The minimum absolute atomic E-state index is 0.110. The number of anilines is 2. The molecule has 2 rings (SSSR count). The van der Waals surface area contributed by atoms with Gasteiger partial charge in [0.25, 0.3) is 0 Å². The second-order valence-corrected chi connectivity index (χ2v) is 5.88. The lowest BCUT2D eigenvalue weighted by molar-refractivity contribution is -0.137. The average Bonchev–Trinajstić information content (AvgIpc) is 2.55. The van der Waals surface area contributed by atoms with E-state index < -0.39 is 17.6 Å². The van der Waals surface area contributed by atoms with Gasteiger partial charge in [0.1, 0.15) is 5.75 Å². The van der Waals surface area contributed by atoms with E-state index in [9.17, 15) is 18.0 Å². The Morgan fingerprint density at radius 1 is 1.16 bits per heavy atom. The predicted molar refractivity (Wildman–Crippen MR) is 93.9 cm³/mol. The molecule has 0 aliphatic carbocycles. The van der Waals surface area contributed by atoms with Crippen LogP contribution in [0.4, 0.5) is 24.5 Å². The third-order valence-corrected chi connectivity index (χ3v) is 3.89. The molecule has 0 aliphatic heterocycles. The molecule has 0 aromatic heterocycles. The lowest BCUT2D eigenvalue weighted by atomic mass is 10.1. The number of nitrogens with one attached hydrogen (secondary N) is 2. The van der Waals surface area contributed by atoms with E-state index >= 15 is 0 Å². The summed E-state index contributed by atoms with van der Waals surface area (Å²) in [6.45, 7) is 1.81. The largest absolute Gasteiger partial charge is 0.492 e. The van der Waals surface area contributed by atoms with Gasteiger partial charge in [0, 0.05) is 4.47 Å². The molecule has 0 aliphatic rings. The second kappa shape index (κ2) is 8.24. The maximum absolute atomic E-state index is 12.9. The van der Waals surface area contributed by atoms with Crippen molar-refractivity contribution < 1.29 is 22.7 Å². The molecule has 25 heavy (non-hydrogen) atoms. The van der Waals surface area contributed by atoms with E-state index in [4.69, 9.17) is 4.74 Å². The highest BCUT2D eigenvalue weighted by Crippen LogP contribution is 2.35. The van der Waals surface area contributed by atoms with Crippen LogP contribution in [0.5, 0.6) is 5.75 Å². The van der Waals surface area contributed by atoms with E-state index in [0.717, 1.165) is 12.1 Å². The van der Waals surface area contributed by atoms with Gasteiger partial charge in [-0.25, -0.2) is 0 Å². The van der Waals surface area contributed by atoms with Gasteiger partial charge in [-0.1, -0.05) is 12.1 Å². The molecule has 0 saturated heterocycles. The number of halogens is 4. The van der Waals surface area contributed by atoms with E-state index in [1.165, 1.54) is 6.07 Å². The van der Waals surface area contributed by atoms with Crippen molar-refractivity contribution in [2.75, 3.05) is 23.8 Å². The fourth-order valence-corrected chi connectivity index (χ4v) is 2.44. The molecule has 4 nitrogen and oxygen atoms in total. The predicted octanol–water partition coefficient (Wildman–Crippen LogP) is 4.92. The van der Waals surface area contributed by atoms with Crippen molar-refractivity contribution in [3.05, 3.63) is 52.5 Å². The summed E-state index contributed by atoms with van der Waals surface area (Å²) in [5, 5.41) is 5.36. The minimum Gasteiger partial charge on any atom is -0.492 e. The number of carbonyl (C=O) groups is 1. The summed E-state index contributed by atoms with van der Waals surface area (Å²) in [5.74, 6) is -0.143. The van der Waals surface area contributed by atoms with Crippen LogP contribution in [0.1, 0.15) is 12.5 Å². The second-order valence-electron chi connectivity index (χ2n) is 5.02. The molecule has 0 unspecified atom stereocenters. The molecule has 0 spiro atoms. The summed E-state index contributed by atoms with van der Waals surface area (Å²) in [7, 11) is 0. The molecule has 0 fully saturated rings. The molecule has 0 atom stereocenters. The zero-order chi connectivity index (χ0) is 18.4. The molecule has 2 aromatic rings. The van der Waals surface area contributed by atoms with Crippen LogP contribution < -0.4 is 15.4 Å². The molecule has 2 aromatic carbocycles. The van der Waals surface area contributed by atoms with Crippen LogP contribution in [0.15, 0.2) is 46.9 Å². The molecule has 0 radical (unpaired) electrons. The maximum atomic E-state index is 12.9. The fourth-order valence-electron chi connectivity index (χ4n) is 2.06. The maximum Gasteiger partial charge on any atom is 0.416 e. The van der Waals surface area contributed by atoms with Crippen LogP contribution in [0, 0.1) is 0 Å². The highest BCUT2D eigenvalue weighted by Gasteiger charge is 2.31. The van der Waals surface area contributed by atoms with Crippen molar-refractivity contribution in [1.29, 1.82) is 0 Å². The number of ether oxygens (including phenoxy) is 1. The summed E-state index contributed by atoms with van der Waals surface area (Å²) in [6.07, 6.45) is -4.47. The zero-order valence-corrected chi connectivity index (χ0v) is 14.9. The molecule has 0 bridgehead atoms. The number of benzene rings is 2. The molecule has 8 heteroatoms. The van der Waals surface area contributed by atoms with Gasteiger partial charge < -0.3 is 15.4 Å². The van der Waals surface area contributed by atoms with E-state index in [-0.39, 0.29) is 18.0 Å². The van der Waals surface area contributed by atoms with Gasteiger partial charge in [-0.05, 0) is 53.2 Å². The van der Waals surface area contributed by atoms with Gasteiger partial charge in [0.05, 0.1) is 30.1 Å². The Kier molecular flexibility index (Phi) is 6.30. The summed E-state index contributed by atoms with van der Waals surface area (Å²) < 4.78 is 44.6. The average molecular weight is 417 g/mol. The van der Waals surface area contributed by atoms with Crippen molar-refractivity contribution in [3.63, 3.8) is 0 Å². The van der Waals surface area contributed by atoms with Crippen molar-refractivity contribution in [2.45, 2.75) is 13.1 Å². The van der Waals surface area contributed by atoms with Crippen LogP contribution in [0.2, 0.25) is 0 Å². The first-order valence-electron chi connectivity index (χ1n) is 7.43. The Bertz CT molecular complexity index is 751. The van der Waals surface area contributed by atoms with Gasteiger partial charge in [-0.2, -0.15) is 13.2 Å². The number of hydrogen-bond acceptors (Lipinski definition) is 3. The first kappa shape index (κ1) is 19.1. The smallest absolute Gasteiger partial charge is 0.416 e. The first-order valence-corrected chi connectivity index (χ1v) is 8.23. The van der Waals surface area contributed by atoms with E-state index in [1.807, 2.05) is 0 Å². The van der Waals surface area contributed by atoms with E-state index in [2.05, 4.69) is 26.6 Å². The Labute approximate surface area is 151 Å². The topological polar surface area (TPSA) is 50.4 Å². The quantitative estimate of drug-likeness (QED) is 0.702. The minimum atomic E-state index is -4.47. The first-order chi connectivity index (χ1) is 11.8. The molecule has 0 heterocycles. The van der Waals surface area contributed by atoms with Gasteiger partial charge in [-0.3, -0.25) is 4.79 Å². The normalized spacial score (nSPS) is 11.1. The van der Waals surface area contributed by atoms with Gasteiger partial charge >= 0.3 is 6.18 Å². The fraction of sp³-hybridized carbons (Fsp3) is 0.235. The highest BCUT2D eigenvalue weighted by molar-refractivity contribution is 9.10. The van der Waals surface area contributed by atoms with E-state index in [1.54, 1.807) is 31.2 Å². The number of hydrogen-bond donors (Lipinski definition) is 2. The van der Waals surface area contributed by atoms with Crippen LogP contribution in [-0.4, -0.2) is 19.1 Å². The summed E-state index contributed by atoms with van der Waals surface area (Å²) in [6, 6.07) is 10.1. The zero-order valence-electron chi connectivity index (χ0n) is 13.3. The lowest BCUT2D eigenvalue weighted by Gasteiger charge is -2.15. The van der Waals surface area contributed by atoms with Crippen molar-refractivity contribution >= 4 is 33.2 Å². The van der Waals surface area contributed by atoms with Crippen LogP contribution in [0.25, 0.3) is 0 Å². The van der Waals surface area contributed by atoms with Crippen LogP contribution in [-0.2, 0) is 11.0 Å². The van der Waals surface area contributed by atoms with Crippen LogP contribution >= 0.6 is 15.9 Å². The number of carbonyl (C=O) groups excluding carboxylic acids is 1. The Hall–Kier alpha value is -2.22. The Balaban J connectivity index is 2.10. The van der Waals surface area contributed by atoms with Crippen molar-refractivity contribution in [3.8, 4) is 5.75 Å². The molecular formula is C17H16BrF3N2O2. The van der Waals surface area contributed by atoms with Crippen LogP contribution in [0.3, 0.4) is 0 Å². The molecule has 2 N–H and O–H groups in total. The van der Waals surface area contributed by atoms with Crippen molar-refractivity contribution in [1.82, 2.24) is 0 Å². The van der Waals surface area contributed by atoms with Crippen molar-refractivity contribution in [2.24, 2.45) is 0 Å². The summed E-state index contributed by atoms with van der Waals surface area (Å²) in [5.41, 5.74) is -0.132. The Morgan fingerprint density at radius 3 is 2.52 bits per heavy atom. The highest BCUT2D eigenvalue weighted by atomic mass is 79.9. The standard InChI is InChI=1S/C17H16BrF3N2O2/c1-2-25-15-8-7-11(17(19,20)21)9-14(15)22-10-16(24)23-13-6-4-3-5-12(13)18/h3-9,22H,2,10H2,1H3,(H,23,24). The molecule has 1 amide bonds. The third kappa shape index (κ3) is 5.38. The Morgan fingerprint density at radius 2 is 1.88 bits per heavy atom. The monoisotopic (exact) mass is 416 g/mol. The SMILES string of the molecule is CCOc1ccc(C(F)(F)F)cc1NCC(=O)Nc1ccccc1Br. The van der Waals surface area contributed by atoms with E-state index in [0.29, 0.717) is 16.8 Å². The lowest BCUT2D eigenvalue weighted by Crippen LogP contribution is -2.22. The van der Waals surface area contributed by atoms with Gasteiger partial charge in [-0.15, -0.1) is 0 Å².